The molecule has 1 heterocycles. The van der Waals surface area contributed by atoms with Gasteiger partial charge < -0.3 is 14.5 Å². The number of hydrogen-bond acceptors (Lipinski definition) is 5. The van der Waals surface area contributed by atoms with Gasteiger partial charge >= 0.3 is 5.97 Å². The molecule has 27 heavy (non-hydrogen) atoms. The first-order valence-electron chi connectivity index (χ1n) is 8.91. The van der Waals surface area contributed by atoms with Crippen molar-refractivity contribution < 1.29 is 18.7 Å². The maximum absolute atomic E-state index is 13.6. The average molecular weight is 413 g/mol. The highest BCUT2D eigenvalue weighted by Gasteiger charge is 2.19. The van der Waals surface area contributed by atoms with Crippen LogP contribution in [-0.4, -0.2) is 58.5 Å². The highest BCUT2D eigenvalue weighted by atomic mass is 32.2. The lowest BCUT2D eigenvalue weighted by atomic mass is 10.00. The third-order valence-corrected chi connectivity index (χ3v) is 6.00. The van der Waals surface area contributed by atoms with E-state index in [0.29, 0.717) is 15.8 Å². The molecule has 1 aliphatic heterocycles. The van der Waals surface area contributed by atoms with E-state index in [1.807, 2.05) is 0 Å². The van der Waals surface area contributed by atoms with E-state index in [1.54, 1.807) is 25.2 Å². The van der Waals surface area contributed by atoms with Gasteiger partial charge in [0, 0.05) is 32.2 Å². The van der Waals surface area contributed by atoms with Gasteiger partial charge in [0.15, 0.2) is 6.61 Å². The van der Waals surface area contributed by atoms with Crippen LogP contribution in [0.5, 0.6) is 0 Å². The highest BCUT2D eigenvalue weighted by Crippen LogP contribution is 2.20. The number of benzene rings is 1. The summed E-state index contributed by atoms with van der Waals surface area (Å²) in [5.74, 6) is -0.447. The monoisotopic (exact) mass is 412 g/mol. The van der Waals surface area contributed by atoms with Crippen molar-refractivity contribution in [1.29, 1.82) is 0 Å². The Labute approximate surface area is 169 Å². The van der Waals surface area contributed by atoms with Gasteiger partial charge in [0.25, 0.3) is 5.91 Å². The summed E-state index contributed by atoms with van der Waals surface area (Å²) in [6.07, 6.45) is 2.21. The number of ether oxygens (including phenoxy) is 1. The quantitative estimate of drug-likeness (QED) is 0.529. The molecule has 0 N–H and O–H groups in total. The SMILES string of the molecule is CC1CCN(C(=S)SCC(=O)OCC(=O)N(C)Cc2ccccc2F)CC1. The molecule has 0 spiro atoms. The molecular formula is C19H25FN2O3S2. The fraction of sp³-hybridized carbons (Fsp3) is 0.526. The van der Waals surface area contributed by atoms with Gasteiger partial charge in [0.2, 0.25) is 0 Å². The van der Waals surface area contributed by atoms with E-state index < -0.39 is 5.97 Å². The molecule has 5 nitrogen and oxygen atoms in total. The fourth-order valence-corrected chi connectivity index (χ4v) is 3.72. The molecule has 0 saturated carbocycles. The summed E-state index contributed by atoms with van der Waals surface area (Å²) in [7, 11) is 1.55. The lowest BCUT2D eigenvalue weighted by molar-refractivity contribution is -0.149. The van der Waals surface area contributed by atoms with E-state index >= 15 is 0 Å². The molecule has 1 aromatic rings. The molecule has 1 aromatic carbocycles. The Bertz CT molecular complexity index is 679. The summed E-state index contributed by atoms with van der Waals surface area (Å²) < 4.78 is 19.4. The number of nitrogens with zero attached hydrogens (tertiary/aromatic N) is 2. The molecule has 0 bridgehead atoms. The van der Waals surface area contributed by atoms with Crippen molar-refractivity contribution in [3.8, 4) is 0 Å². The van der Waals surface area contributed by atoms with E-state index in [1.165, 1.54) is 22.7 Å². The van der Waals surface area contributed by atoms with E-state index in [2.05, 4.69) is 11.8 Å². The van der Waals surface area contributed by atoms with Crippen LogP contribution in [0.4, 0.5) is 4.39 Å². The van der Waals surface area contributed by atoms with Crippen LogP contribution in [0.1, 0.15) is 25.3 Å². The van der Waals surface area contributed by atoms with Crippen LogP contribution >= 0.6 is 24.0 Å². The van der Waals surface area contributed by atoms with Gasteiger partial charge in [0.05, 0.1) is 5.75 Å². The molecule has 1 saturated heterocycles. The van der Waals surface area contributed by atoms with Crippen LogP contribution in [0.3, 0.4) is 0 Å². The van der Waals surface area contributed by atoms with Gasteiger partial charge in [-0.1, -0.05) is 49.1 Å². The minimum absolute atomic E-state index is 0.0786. The molecule has 1 aliphatic rings. The van der Waals surface area contributed by atoms with Gasteiger partial charge in [-0.3, -0.25) is 9.59 Å². The first-order valence-corrected chi connectivity index (χ1v) is 10.3. The summed E-state index contributed by atoms with van der Waals surface area (Å²) >= 11 is 6.63. The maximum atomic E-state index is 13.6. The molecule has 0 radical (unpaired) electrons. The smallest absolute Gasteiger partial charge is 0.316 e. The van der Waals surface area contributed by atoms with Crippen molar-refractivity contribution in [2.24, 2.45) is 5.92 Å². The summed E-state index contributed by atoms with van der Waals surface area (Å²) in [5.41, 5.74) is 0.413. The van der Waals surface area contributed by atoms with Gasteiger partial charge in [-0.05, 0) is 24.8 Å². The van der Waals surface area contributed by atoms with Crippen LogP contribution in [0.15, 0.2) is 24.3 Å². The Hall–Kier alpha value is -1.67. The third-order valence-electron chi connectivity index (χ3n) is 4.50. The van der Waals surface area contributed by atoms with Gasteiger partial charge in [-0.25, -0.2) is 4.39 Å². The number of thioether (sulfide) groups is 1. The summed E-state index contributed by atoms with van der Waals surface area (Å²) in [6, 6.07) is 6.26. The largest absolute Gasteiger partial charge is 0.455 e. The van der Waals surface area contributed by atoms with Gasteiger partial charge in [0.1, 0.15) is 10.1 Å². The average Bonchev–Trinajstić information content (AvgIpc) is 2.66. The molecule has 0 aliphatic carbocycles. The Balaban J connectivity index is 1.67. The maximum Gasteiger partial charge on any atom is 0.316 e. The van der Waals surface area contributed by atoms with Crippen molar-refractivity contribution in [1.82, 2.24) is 9.80 Å². The van der Waals surface area contributed by atoms with Crippen LogP contribution in [0.25, 0.3) is 0 Å². The zero-order chi connectivity index (χ0) is 19.8. The Morgan fingerprint density at radius 2 is 2.00 bits per heavy atom. The number of thiocarbonyl (C=S) groups is 1. The predicted octanol–water partition coefficient (Wildman–Crippen LogP) is 3.08. The van der Waals surface area contributed by atoms with Crippen LogP contribution in [0, 0.1) is 11.7 Å². The van der Waals surface area contributed by atoms with Crippen LogP contribution in [0.2, 0.25) is 0 Å². The Morgan fingerprint density at radius 3 is 2.67 bits per heavy atom. The number of hydrogen-bond donors (Lipinski definition) is 0. The van der Waals surface area contributed by atoms with E-state index in [4.69, 9.17) is 17.0 Å². The number of carbonyl (C=O) groups is 2. The first kappa shape index (κ1) is 21.6. The van der Waals surface area contributed by atoms with E-state index in [0.717, 1.165) is 25.9 Å². The molecule has 1 amide bonds. The Morgan fingerprint density at radius 1 is 1.33 bits per heavy atom. The van der Waals surface area contributed by atoms with Crippen molar-refractivity contribution in [2.45, 2.75) is 26.3 Å². The van der Waals surface area contributed by atoms with Gasteiger partial charge in [-0.15, -0.1) is 0 Å². The predicted molar refractivity (Wildman–Crippen MR) is 109 cm³/mol. The highest BCUT2D eigenvalue weighted by molar-refractivity contribution is 8.23. The molecular weight excluding hydrogens is 387 g/mol. The normalized spacial score (nSPS) is 14.7. The number of rotatable bonds is 6. The second-order valence-electron chi connectivity index (χ2n) is 6.73. The number of amides is 1. The molecule has 0 atom stereocenters. The second kappa shape index (κ2) is 10.6. The van der Waals surface area contributed by atoms with E-state index in [9.17, 15) is 14.0 Å². The number of likely N-dealkylation sites (tertiary alicyclic amines) is 1. The summed E-state index contributed by atoms with van der Waals surface area (Å²) in [4.78, 5) is 27.4. The molecule has 0 aromatic heterocycles. The van der Waals surface area contributed by atoms with Crippen molar-refractivity contribution in [3.05, 3.63) is 35.6 Å². The molecule has 1 fully saturated rings. The topological polar surface area (TPSA) is 49.9 Å². The molecule has 2 rings (SSSR count). The number of likely N-dealkylation sites (N-methyl/N-ethyl adjacent to an activating group) is 1. The number of piperidine rings is 1. The van der Waals surface area contributed by atoms with E-state index in [-0.39, 0.29) is 30.6 Å². The van der Waals surface area contributed by atoms with Crippen molar-refractivity contribution >= 4 is 40.2 Å². The Kier molecular flexibility index (Phi) is 8.50. The van der Waals surface area contributed by atoms with Crippen LogP contribution in [-0.2, 0) is 20.9 Å². The first-order chi connectivity index (χ1) is 12.9. The minimum atomic E-state index is -0.486. The number of esters is 1. The zero-order valence-corrected chi connectivity index (χ0v) is 17.3. The molecule has 148 valence electrons. The molecule has 0 unspecified atom stereocenters. The lowest BCUT2D eigenvalue weighted by Crippen LogP contribution is -2.36. The fourth-order valence-electron chi connectivity index (χ4n) is 2.67. The standard InChI is InChI=1S/C19H25FN2O3S2/c1-14-7-9-22(10-8-14)19(26)27-13-18(24)25-12-17(23)21(2)11-15-5-3-4-6-16(15)20/h3-6,14H,7-13H2,1-2H3. The summed E-state index contributed by atoms with van der Waals surface area (Å²) in [5, 5.41) is 0. The van der Waals surface area contributed by atoms with Crippen LogP contribution < -0.4 is 0 Å². The molecule has 8 heteroatoms. The van der Waals surface area contributed by atoms with Crippen molar-refractivity contribution in [2.75, 3.05) is 32.5 Å². The minimum Gasteiger partial charge on any atom is -0.455 e. The number of halogens is 1. The zero-order valence-electron chi connectivity index (χ0n) is 15.7. The third kappa shape index (κ3) is 7.10. The second-order valence-corrected chi connectivity index (χ2v) is 8.34. The van der Waals surface area contributed by atoms with Crippen molar-refractivity contribution in [3.63, 3.8) is 0 Å². The summed E-state index contributed by atoms with van der Waals surface area (Å²) in [6.45, 7) is 3.82. The van der Waals surface area contributed by atoms with Gasteiger partial charge in [-0.2, -0.15) is 0 Å². The number of carbonyl (C=O) groups excluding carboxylic acids is 2. The lowest BCUT2D eigenvalue weighted by Gasteiger charge is -2.31.